The number of halogens is 1. The van der Waals surface area contributed by atoms with Crippen molar-refractivity contribution in [1.29, 1.82) is 0 Å². The number of carbonyl (C=O) groups excluding carboxylic acids is 2. The minimum Gasteiger partial charge on any atom is -0.479 e. The first-order valence-electron chi connectivity index (χ1n) is 12.1. The summed E-state index contributed by atoms with van der Waals surface area (Å²) in [6, 6.07) is 19.3. The van der Waals surface area contributed by atoms with Gasteiger partial charge in [-0.15, -0.1) is 11.3 Å². The Kier molecular flexibility index (Phi) is 9.04. The second kappa shape index (κ2) is 12.4. The molecule has 4 rings (SSSR count). The third kappa shape index (κ3) is 6.28. The van der Waals surface area contributed by atoms with Crippen molar-refractivity contribution in [2.75, 3.05) is 25.6 Å². The van der Waals surface area contributed by atoms with E-state index in [4.69, 9.17) is 14.2 Å². The molecule has 0 atom stereocenters. The number of nitrogens with one attached hydrogen (secondary N) is 1. The molecule has 8 heteroatoms. The van der Waals surface area contributed by atoms with Crippen LogP contribution in [-0.2, 0) is 14.3 Å². The molecule has 1 fully saturated rings. The highest BCUT2D eigenvalue weighted by atomic mass is 79.9. The van der Waals surface area contributed by atoms with Crippen LogP contribution in [0.1, 0.15) is 53.8 Å². The van der Waals surface area contributed by atoms with Crippen molar-refractivity contribution in [2.45, 2.75) is 44.6 Å². The number of benzene rings is 2. The molecule has 36 heavy (non-hydrogen) atoms. The van der Waals surface area contributed by atoms with E-state index in [2.05, 4.69) is 63.7 Å². The van der Waals surface area contributed by atoms with Crippen molar-refractivity contribution in [3.05, 3.63) is 69.5 Å². The van der Waals surface area contributed by atoms with Crippen molar-refractivity contribution < 1.29 is 23.8 Å². The molecule has 190 valence electrons. The van der Waals surface area contributed by atoms with Gasteiger partial charge in [-0.2, -0.15) is 0 Å². The lowest BCUT2D eigenvalue weighted by atomic mass is 9.82. The van der Waals surface area contributed by atoms with Crippen molar-refractivity contribution in [2.24, 2.45) is 0 Å². The van der Waals surface area contributed by atoms with Gasteiger partial charge in [0.2, 0.25) is 0 Å². The molecular weight excluding hydrogens is 542 g/mol. The van der Waals surface area contributed by atoms with E-state index in [1.54, 1.807) is 6.92 Å². The Morgan fingerprint density at radius 2 is 1.81 bits per heavy atom. The lowest BCUT2D eigenvalue weighted by molar-refractivity contribution is -0.145. The summed E-state index contributed by atoms with van der Waals surface area (Å²) in [7, 11) is 1.32. The normalized spacial score (nSPS) is 17.3. The van der Waals surface area contributed by atoms with Gasteiger partial charge in [-0.05, 0) is 77.7 Å². The van der Waals surface area contributed by atoms with Gasteiger partial charge in [0.1, 0.15) is 0 Å². The molecule has 3 aromatic rings. The fraction of sp³-hybridized carbons (Fsp3) is 0.357. The maximum Gasteiger partial charge on any atom is 0.351 e. The van der Waals surface area contributed by atoms with Crippen molar-refractivity contribution in [3.63, 3.8) is 0 Å². The van der Waals surface area contributed by atoms with E-state index in [9.17, 15) is 9.59 Å². The molecule has 1 aliphatic rings. The summed E-state index contributed by atoms with van der Waals surface area (Å²) in [5, 5.41) is 3.70. The summed E-state index contributed by atoms with van der Waals surface area (Å²) in [5.74, 6) is -0.105. The predicted molar refractivity (Wildman–Crippen MR) is 146 cm³/mol. The Morgan fingerprint density at radius 1 is 1.06 bits per heavy atom. The predicted octanol–water partition coefficient (Wildman–Crippen LogP) is 7.04. The molecule has 1 aliphatic carbocycles. The zero-order chi connectivity index (χ0) is 25.5. The van der Waals surface area contributed by atoms with E-state index in [0.29, 0.717) is 21.3 Å². The van der Waals surface area contributed by atoms with Gasteiger partial charge in [0, 0.05) is 11.7 Å². The number of anilines is 1. The molecule has 0 bridgehead atoms. The van der Waals surface area contributed by atoms with Crippen LogP contribution in [-0.4, -0.2) is 38.3 Å². The van der Waals surface area contributed by atoms with Gasteiger partial charge in [0.05, 0.1) is 23.1 Å². The number of rotatable bonds is 9. The standard InChI is InChI=1S/C28H30BrNO5S/c1-3-34-23(31)17-35-25-24(29)26(36-27(25)28(32)33-2)20-10-7-11-22(16-20)30-21-14-12-19(13-15-21)18-8-5-4-6-9-18/h4-11,16,19,21,30H,3,12-15,17H2,1-2H3/t19-,21+. The van der Waals surface area contributed by atoms with Gasteiger partial charge < -0.3 is 19.5 Å². The topological polar surface area (TPSA) is 73.9 Å². The summed E-state index contributed by atoms with van der Waals surface area (Å²) < 4.78 is 16.2. The third-order valence-corrected chi connectivity index (χ3v) is 8.53. The first-order chi connectivity index (χ1) is 17.5. The Hall–Kier alpha value is -2.84. The van der Waals surface area contributed by atoms with Gasteiger partial charge in [-0.25, -0.2) is 9.59 Å². The lowest BCUT2D eigenvalue weighted by Gasteiger charge is -2.30. The number of thiophene rings is 1. The van der Waals surface area contributed by atoms with Gasteiger partial charge in [-0.3, -0.25) is 0 Å². The molecule has 0 radical (unpaired) electrons. The van der Waals surface area contributed by atoms with E-state index in [0.717, 1.165) is 29.0 Å². The van der Waals surface area contributed by atoms with Gasteiger partial charge in [-0.1, -0.05) is 42.5 Å². The quantitative estimate of drug-likeness (QED) is 0.277. The smallest absolute Gasteiger partial charge is 0.351 e. The highest BCUT2D eigenvalue weighted by Crippen LogP contribution is 2.46. The van der Waals surface area contributed by atoms with E-state index < -0.39 is 11.9 Å². The molecule has 6 nitrogen and oxygen atoms in total. The molecule has 0 saturated heterocycles. The second-order valence-electron chi connectivity index (χ2n) is 8.67. The molecule has 0 amide bonds. The fourth-order valence-electron chi connectivity index (χ4n) is 4.55. The molecule has 2 aromatic carbocycles. The zero-order valence-corrected chi connectivity index (χ0v) is 22.8. The maximum atomic E-state index is 12.4. The minimum absolute atomic E-state index is 0.260. The number of esters is 2. The molecule has 1 aromatic heterocycles. The summed E-state index contributed by atoms with van der Waals surface area (Å²) in [6.45, 7) is 1.70. The average molecular weight is 573 g/mol. The number of carbonyl (C=O) groups is 2. The van der Waals surface area contributed by atoms with E-state index in [1.165, 1.54) is 36.9 Å². The summed E-state index contributed by atoms with van der Waals surface area (Å²) in [5.41, 5.74) is 3.40. The minimum atomic E-state index is -0.518. The highest BCUT2D eigenvalue weighted by molar-refractivity contribution is 9.10. The van der Waals surface area contributed by atoms with Crippen molar-refractivity contribution >= 4 is 44.9 Å². The Morgan fingerprint density at radius 3 is 2.50 bits per heavy atom. The Bertz CT molecular complexity index is 1190. The monoisotopic (exact) mass is 571 g/mol. The molecular formula is C28H30BrNO5S. The van der Waals surface area contributed by atoms with Crippen LogP contribution >= 0.6 is 27.3 Å². The Balaban J connectivity index is 1.48. The van der Waals surface area contributed by atoms with Crippen LogP contribution in [0.15, 0.2) is 59.1 Å². The largest absolute Gasteiger partial charge is 0.479 e. The average Bonchev–Trinajstić information content (AvgIpc) is 3.24. The summed E-state index contributed by atoms with van der Waals surface area (Å²) in [4.78, 5) is 25.3. The second-order valence-corrected chi connectivity index (χ2v) is 10.5. The van der Waals surface area contributed by atoms with E-state index in [-0.39, 0.29) is 19.0 Å². The van der Waals surface area contributed by atoms with Crippen LogP contribution in [0.2, 0.25) is 0 Å². The number of hydrogen-bond acceptors (Lipinski definition) is 7. The van der Waals surface area contributed by atoms with Crippen LogP contribution in [0.5, 0.6) is 5.75 Å². The van der Waals surface area contributed by atoms with Crippen LogP contribution < -0.4 is 10.1 Å². The van der Waals surface area contributed by atoms with Gasteiger partial charge >= 0.3 is 11.9 Å². The maximum absolute atomic E-state index is 12.4. The van der Waals surface area contributed by atoms with Crippen molar-refractivity contribution in [1.82, 2.24) is 0 Å². The van der Waals surface area contributed by atoms with Gasteiger partial charge in [0.25, 0.3) is 0 Å². The first-order valence-corrected chi connectivity index (χ1v) is 13.7. The van der Waals surface area contributed by atoms with Crippen LogP contribution in [0, 0.1) is 0 Å². The van der Waals surface area contributed by atoms with Crippen LogP contribution in [0.25, 0.3) is 10.4 Å². The molecule has 0 spiro atoms. The highest BCUT2D eigenvalue weighted by Gasteiger charge is 2.26. The lowest BCUT2D eigenvalue weighted by Crippen LogP contribution is -2.25. The molecule has 0 aliphatic heterocycles. The summed E-state index contributed by atoms with van der Waals surface area (Å²) in [6.07, 6.45) is 4.57. The fourth-order valence-corrected chi connectivity index (χ4v) is 6.52. The molecule has 0 unspecified atom stereocenters. The van der Waals surface area contributed by atoms with Crippen LogP contribution in [0.3, 0.4) is 0 Å². The van der Waals surface area contributed by atoms with Crippen molar-refractivity contribution in [3.8, 4) is 16.2 Å². The number of ether oxygens (including phenoxy) is 3. The van der Waals surface area contributed by atoms with Crippen LogP contribution in [0.4, 0.5) is 5.69 Å². The number of methoxy groups -OCH3 is 1. The first kappa shape index (κ1) is 26.2. The van der Waals surface area contributed by atoms with E-state index >= 15 is 0 Å². The number of hydrogen-bond donors (Lipinski definition) is 1. The third-order valence-electron chi connectivity index (χ3n) is 6.31. The molecule has 1 N–H and O–H groups in total. The Labute approximate surface area is 224 Å². The SMILES string of the molecule is CCOC(=O)COc1c(C(=O)OC)sc(-c2cccc(N[C@H]3CC[C@@H](c4ccccc4)CC3)c2)c1Br. The van der Waals surface area contributed by atoms with Gasteiger partial charge in [0.15, 0.2) is 17.2 Å². The molecule has 1 saturated carbocycles. The summed E-state index contributed by atoms with van der Waals surface area (Å²) >= 11 is 4.85. The zero-order valence-electron chi connectivity index (χ0n) is 20.4. The molecule has 1 heterocycles. The van der Waals surface area contributed by atoms with E-state index in [1.807, 2.05) is 12.1 Å².